The lowest BCUT2D eigenvalue weighted by Crippen LogP contribution is -2.02. The summed E-state index contributed by atoms with van der Waals surface area (Å²) in [7, 11) is 1.91. The van der Waals surface area contributed by atoms with Crippen molar-refractivity contribution in [1.82, 2.24) is 9.78 Å². The molecule has 1 aromatic heterocycles. The SMILES string of the molecule is CCc1ccccc1-c1nn(C)c(N)c1CC(C)C. The van der Waals surface area contributed by atoms with Crippen LogP contribution in [0.25, 0.3) is 11.3 Å². The van der Waals surface area contributed by atoms with Gasteiger partial charge in [-0.05, 0) is 24.3 Å². The molecule has 0 bridgehead atoms. The summed E-state index contributed by atoms with van der Waals surface area (Å²) in [6, 6.07) is 8.46. The molecule has 19 heavy (non-hydrogen) atoms. The molecule has 102 valence electrons. The first-order chi connectivity index (χ1) is 9.04. The molecule has 2 N–H and O–H groups in total. The van der Waals surface area contributed by atoms with Crippen molar-refractivity contribution < 1.29 is 0 Å². The molecule has 0 amide bonds. The summed E-state index contributed by atoms with van der Waals surface area (Å²) in [4.78, 5) is 0. The molecule has 0 unspecified atom stereocenters. The Morgan fingerprint density at radius 1 is 1.26 bits per heavy atom. The van der Waals surface area contributed by atoms with E-state index in [1.165, 1.54) is 16.7 Å². The van der Waals surface area contributed by atoms with E-state index < -0.39 is 0 Å². The van der Waals surface area contributed by atoms with E-state index in [0.717, 1.165) is 24.4 Å². The van der Waals surface area contributed by atoms with Crippen molar-refractivity contribution in [2.24, 2.45) is 13.0 Å². The van der Waals surface area contributed by atoms with E-state index >= 15 is 0 Å². The monoisotopic (exact) mass is 257 g/mol. The highest BCUT2D eigenvalue weighted by molar-refractivity contribution is 5.71. The number of nitrogens with two attached hydrogens (primary N) is 1. The number of aromatic nitrogens is 2. The van der Waals surface area contributed by atoms with Gasteiger partial charge in [-0.1, -0.05) is 45.0 Å². The third kappa shape index (κ3) is 2.65. The molecular formula is C16H23N3. The van der Waals surface area contributed by atoms with Gasteiger partial charge in [-0.2, -0.15) is 5.10 Å². The van der Waals surface area contributed by atoms with Gasteiger partial charge in [0.2, 0.25) is 0 Å². The van der Waals surface area contributed by atoms with Crippen LogP contribution in [-0.2, 0) is 19.9 Å². The van der Waals surface area contributed by atoms with Crippen molar-refractivity contribution in [3.63, 3.8) is 0 Å². The summed E-state index contributed by atoms with van der Waals surface area (Å²) in [6.45, 7) is 6.59. The molecule has 3 nitrogen and oxygen atoms in total. The van der Waals surface area contributed by atoms with Gasteiger partial charge in [-0.3, -0.25) is 4.68 Å². The van der Waals surface area contributed by atoms with Gasteiger partial charge < -0.3 is 5.73 Å². The molecule has 1 aromatic carbocycles. The van der Waals surface area contributed by atoms with Gasteiger partial charge in [0.05, 0.1) is 5.69 Å². The van der Waals surface area contributed by atoms with Gasteiger partial charge in [-0.15, -0.1) is 0 Å². The first kappa shape index (κ1) is 13.7. The average Bonchev–Trinajstić information content (AvgIpc) is 2.66. The normalized spacial score (nSPS) is 11.2. The zero-order valence-electron chi connectivity index (χ0n) is 12.3. The highest BCUT2D eigenvalue weighted by atomic mass is 15.3. The number of nitrogens with zero attached hydrogens (tertiary/aromatic N) is 2. The van der Waals surface area contributed by atoms with Crippen LogP contribution in [0.15, 0.2) is 24.3 Å². The van der Waals surface area contributed by atoms with Crippen molar-refractivity contribution in [3.8, 4) is 11.3 Å². The summed E-state index contributed by atoms with van der Waals surface area (Å²) in [6.07, 6.45) is 1.97. The number of hydrogen-bond acceptors (Lipinski definition) is 2. The van der Waals surface area contributed by atoms with Crippen LogP contribution in [0.5, 0.6) is 0 Å². The van der Waals surface area contributed by atoms with Crippen LogP contribution in [0.1, 0.15) is 31.9 Å². The smallest absolute Gasteiger partial charge is 0.125 e. The third-order valence-electron chi connectivity index (χ3n) is 3.46. The predicted molar refractivity (Wildman–Crippen MR) is 81.0 cm³/mol. The second kappa shape index (κ2) is 5.47. The number of aryl methyl sites for hydroxylation is 2. The lowest BCUT2D eigenvalue weighted by Gasteiger charge is -2.09. The molecule has 0 saturated carbocycles. The van der Waals surface area contributed by atoms with Crippen molar-refractivity contribution in [1.29, 1.82) is 0 Å². The molecule has 0 saturated heterocycles. The summed E-state index contributed by atoms with van der Waals surface area (Å²) in [5.41, 5.74) is 10.9. The average molecular weight is 257 g/mol. The van der Waals surface area contributed by atoms with E-state index in [4.69, 9.17) is 5.73 Å². The fourth-order valence-electron chi connectivity index (χ4n) is 2.47. The molecular weight excluding hydrogens is 234 g/mol. The lowest BCUT2D eigenvalue weighted by molar-refractivity contribution is 0.648. The van der Waals surface area contributed by atoms with Gasteiger partial charge in [0.25, 0.3) is 0 Å². The minimum Gasteiger partial charge on any atom is -0.384 e. The molecule has 2 rings (SSSR count). The zero-order valence-corrected chi connectivity index (χ0v) is 12.3. The van der Waals surface area contributed by atoms with E-state index in [-0.39, 0.29) is 0 Å². The maximum absolute atomic E-state index is 6.18. The fraction of sp³-hybridized carbons (Fsp3) is 0.438. The predicted octanol–water partition coefficient (Wildman–Crippen LogP) is 3.43. The van der Waals surface area contributed by atoms with Crippen LogP contribution in [-0.4, -0.2) is 9.78 Å². The Morgan fingerprint density at radius 3 is 2.58 bits per heavy atom. The van der Waals surface area contributed by atoms with E-state index in [0.29, 0.717) is 5.92 Å². The molecule has 0 spiro atoms. The standard InChI is InChI=1S/C16H23N3/c1-5-12-8-6-7-9-13(12)15-14(10-11(2)3)16(17)19(4)18-15/h6-9,11H,5,10,17H2,1-4H3. The number of hydrogen-bond donors (Lipinski definition) is 1. The van der Waals surface area contributed by atoms with Crippen LogP contribution < -0.4 is 5.73 Å². The van der Waals surface area contributed by atoms with Crippen molar-refractivity contribution in [2.75, 3.05) is 5.73 Å². The van der Waals surface area contributed by atoms with Gasteiger partial charge in [-0.25, -0.2) is 0 Å². The Labute approximate surface area is 115 Å². The van der Waals surface area contributed by atoms with E-state index in [9.17, 15) is 0 Å². The quantitative estimate of drug-likeness (QED) is 0.912. The number of benzene rings is 1. The Kier molecular flexibility index (Phi) is 3.93. The summed E-state index contributed by atoms with van der Waals surface area (Å²) < 4.78 is 1.79. The van der Waals surface area contributed by atoms with Gasteiger partial charge in [0.15, 0.2) is 0 Å². The topological polar surface area (TPSA) is 43.8 Å². The maximum atomic E-state index is 6.18. The minimum absolute atomic E-state index is 0.569. The second-order valence-corrected chi connectivity index (χ2v) is 5.44. The highest BCUT2D eigenvalue weighted by Gasteiger charge is 2.18. The second-order valence-electron chi connectivity index (χ2n) is 5.44. The van der Waals surface area contributed by atoms with E-state index in [1.54, 1.807) is 4.68 Å². The van der Waals surface area contributed by atoms with Gasteiger partial charge in [0.1, 0.15) is 5.82 Å². The fourth-order valence-corrected chi connectivity index (χ4v) is 2.47. The molecule has 3 heteroatoms. The van der Waals surface area contributed by atoms with Gasteiger partial charge in [0, 0.05) is 18.2 Å². The largest absolute Gasteiger partial charge is 0.384 e. The van der Waals surface area contributed by atoms with Crippen molar-refractivity contribution >= 4 is 5.82 Å². The Balaban J connectivity index is 2.58. The first-order valence-electron chi connectivity index (χ1n) is 6.94. The zero-order chi connectivity index (χ0) is 14.0. The summed E-state index contributed by atoms with van der Waals surface area (Å²) in [5, 5.41) is 4.63. The van der Waals surface area contributed by atoms with Crippen LogP contribution in [0.4, 0.5) is 5.82 Å². The molecule has 0 aliphatic rings. The molecule has 2 aromatic rings. The molecule has 0 aliphatic carbocycles. The van der Waals surface area contributed by atoms with Crippen LogP contribution in [0.3, 0.4) is 0 Å². The maximum Gasteiger partial charge on any atom is 0.125 e. The Bertz CT molecular complexity index is 567. The molecule has 0 atom stereocenters. The Morgan fingerprint density at radius 2 is 1.95 bits per heavy atom. The summed E-state index contributed by atoms with van der Waals surface area (Å²) in [5.74, 6) is 1.36. The van der Waals surface area contributed by atoms with E-state index in [1.807, 2.05) is 7.05 Å². The van der Waals surface area contributed by atoms with Crippen molar-refractivity contribution in [2.45, 2.75) is 33.6 Å². The number of nitrogen functional groups attached to an aromatic ring is 1. The summed E-state index contributed by atoms with van der Waals surface area (Å²) >= 11 is 0. The lowest BCUT2D eigenvalue weighted by atomic mass is 9.95. The third-order valence-corrected chi connectivity index (χ3v) is 3.46. The minimum atomic E-state index is 0.569. The highest BCUT2D eigenvalue weighted by Crippen LogP contribution is 2.31. The van der Waals surface area contributed by atoms with Crippen LogP contribution in [0, 0.1) is 5.92 Å². The van der Waals surface area contributed by atoms with Crippen molar-refractivity contribution in [3.05, 3.63) is 35.4 Å². The Hall–Kier alpha value is -1.77. The molecule has 1 heterocycles. The molecule has 0 aliphatic heterocycles. The van der Waals surface area contributed by atoms with Crippen LogP contribution in [0.2, 0.25) is 0 Å². The first-order valence-corrected chi connectivity index (χ1v) is 6.94. The van der Waals surface area contributed by atoms with Crippen LogP contribution >= 0.6 is 0 Å². The number of rotatable bonds is 4. The molecule has 0 fully saturated rings. The van der Waals surface area contributed by atoms with E-state index in [2.05, 4.69) is 50.1 Å². The van der Waals surface area contributed by atoms with Gasteiger partial charge >= 0.3 is 0 Å². The number of anilines is 1. The molecule has 0 radical (unpaired) electrons.